The van der Waals surface area contributed by atoms with Crippen LogP contribution in [0.3, 0.4) is 0 Å². The molecule has 0 aliphatic heterocycles. The Morgan fingerprint density at radius 2 is 2.20 bits per heavy atom. The molecule has 0 saturated heterocycles. The van der Waals surface area contributed by atoms with Gasteiger partial charge in [-0.15, -0.1) is 0 Å². The zero-order valence-electron chi connectivity index (χ0n) is 12.6. The Labute approximate surface area is 119 Å². The number of nitrogens with one attached hydrogen (secondary N) is 2. The summed E-state index contributed by atoms with van der Waals surface area (Å²) in [6, 6.07) is 4.23. The van der Waals surface area contributed by atoms with Crippen molar-refractivity contribution in [3.63, 3.8) is 0 Å². The van der Waals surface area contributed by atoms with Crippen molar-refractivity contribution in [3.05, 3.63) is 29.7 Å². The summed E-state index contributed by atoms with van der Waals surface area (Å²) in [4.78, 5) is 0. The summed E-state index contributed by atoms with van der Waals surface area (Å²) in [7, 11) is 1.73. The van der Waals surface area contributed by atoms with Crippen molar-refractivity contribution in [1.29, 1.82) is 0 Å². The Kier molecular flexibility index (Phi) is 4.98. The van der Waals surface area contributed by atoms with Gasteiger partial charge in [-0.25, -0.2) is 0 Å². The third-order valence-corrected chi connectivity index (χ3v) is 3.41. The van der Waals surface area contributed by atoms with E-state index in [1.165, 1.54) is 0 Å². The fraction of sp³-hybridized carbons (Fsp3) is 0.533. The zero-order valence-corrected chi connectivity index (χ0v) is 12.6. The lowest BCUT2D eigenvalue weighted by molar-refractivity contribution is 0.146. The number of aryl methyl sites for hydroxylation is 1. The molecule has 1 atom stereocenters. The Morgan fingerprint density at radius 3 is 2.80 bits per heavy atom. The van der Waals surface area contributed by atoms with Gasteiger partial charge < -0.3 is 14.5 Å². The minimum atomic E-state index is 0.320. The second kappa shape index (κ2) is 6.72. The van der Waals surface area contributed by atoms with Crippen LogP contribution in [0.1, 0.15) is 25.2 Å². The first-order valence-electron chi connectivity index (χ1n) is 6.93. The third-order valence-electron chi connectivity index (χ3n) is 3.41. The fourth-order valence-electron chi connectivity index (χ4n) is 2.14. The molecule has 20 heavy (non-hydrogen) atoms. The predicted octanol–water partition coefficient (Wildman–Crippen LogP) is 2.74. The average Bonchev–Trinajstić information content (AvgIpc) is 3.02. The highest BCUT2D eigenvalue weighted by Crippen LogP contribution is 2.23. The Bertz CT molecular complexity index is 531. The SMILES string of the molecule is COCC(NCc1cn[nH]c1-c1ccc(C)o1)C(C)C. The van der Waals surface area contributed by atoms with Gasteiger partial charge in [-0.3, -0.25) is 5.10 Å². The van der Waals surface area contributed by atoms with E-state index in [0.29, 0.717) is 18.6 Å². The lowest BCUT2D eigenvalue weighted by Gasteiger charge is -2.21. The molecule has 0 amide bonds. The van der Waals surface area contributed by atoms with Crippen molar-refractivity contribution in [2.45, 2.75) is 33.4 Å². The molecule has 1 unspecified atom stereocenters. The highest BCUT2D eigenvalue weighted by Gasteiger charge is 2.15. The number of H-pyrrole nitrogens is 1. The first kappa shape index (κ1) is 14.8. The number of aromatic amines is 1. The van der Waals surface area contributed by atoms with Crippen LogP contribution in [0, 0.1) is 12.8 Å². The molecule has 2 aromatic rings. The van der Waals surface area contributed by atoms with Crippen LogP contribution in [-0.4, -0.2) is 30.0 Å². The molecule has 0 radical (unpaired) electrons. The molecule has 0 aliphatic rings. The molecule has 0 aliphatic carbocycles. The van der Waals surface area contributed by atoms with Gasteiger partial charge in [0.15, 0.2) is 5.76 Å². The molecule has 0 spiro atoms. The highest BCUT2D eigenvalue weighted by molar-refractivity contribution is 5.56. The van der Waals surface area contributed by atoms with Crippen LogP contribution < -0.4 is 5.32 Å². The van der Waals surface area contributed by atoms with Crippen molar-refractivity contribution < 1.29 is 9.15 Å². The Balaban J connectivity index is 2.05. The fourth-order valence-corrected chi connectivity index (χ4v) is 2.14. The van der Waals surface area contributed by atoms with Gasteiger partial charge in [0, 0.05) is 25.3 Å². The first-order valence-corrected chi connectivity index (χ1v) is 6.93. The molecule has 2 heterocycles. The Morgan fingerprint density at radius 1 is 1.40 bits per heavy atom. The zero-order chi connectivity index (χ0) is 14.5. The van der Waals surface area contributed by atoms with E-state index in [9.17, 15) is 0 Å². The van der Waals surface area contributed by atoms with Gasteiger partial charge in [0.25, 0.3) is 0 Å². The molecule has 0 fully saturated rings. The third kappa shape index (κ3) is 3.49. The quantitative estimate of drug-likeness (QED) is 0.817. The summed E-state index contributed by atoms with van der Waals surface area (Å²) in [6.45, 7) is 7.74. The van der Waals surface area contributed by atoms with Gasteiger partial charge in [0.05, 0.1) is 12.8 Å². The van der Waals surface area contributed by atoms with Crippen molar-refractivity contribution in [2.24, 2.45) is 5.92 Å². The van der Waals surface area contributed by atoms with Crippen LogP contribution in [0.4, 0.5) is 0 Å². The molecule has 0 saturated carbocycles. The number of aromatic nitrogens is 2. The predicted molar refractivity (Wildman–Crippen MR) is 78.4 cm³/mol. The number of rotatable bonds is 7. The maximum atomic E-state index is 5.65. The van der Waals surface area contributed by atoms with E-state index < -0.39 is 0 Å². The van der Waals surface area contributed by atoms with Crippen molar-refractivity contribution in [3.8, 4) is 11.5 Å². The summed E-state index contributed by atoms with van der Waals surface area (Å²) in [5.41, 5.74) is 2.03. The van der Waals surface area contributed by atoms with Crippen LogP contribution in [0.15, 0.2) is 22.7 Å². The topological polar surface area (TPSA) is 63.1 Å². The number of ether oxygens (including phenoxy) is 1. The van der Waals surface area contributed by atoms with Gasteiger partial charge in [-0.2, -0.15) is 5.10 Å². The van der Waals surface area contributed by atoms with Crippen LogP contribution >= 0.6 is 0 Å². The molecule has 110 valence electrons. The summed E-state index contributed by atoms with van der Waals surface area (Å²) in [5, 5.41) is 10.6. The van der Waals surface area contributed by atoms with Gasteiger partial charge in [-0.1, -0.05) is 13.8 Å². The molecular weight excluding hydrogens is 254 g/mol. The highest BCUT2D eigenvalue weighted by atomic mass is 16.5. The molecule has 0 aromatic carbocycles. The van der Waals surface area contributed by atoms with Crippen LogP contribution in [0.25, 0.3) is 11.5 Å². The standard InChI is InChI=1S/C15H23N3O2/c1-10(2)13(9-19-4)16-7-12-8-17-18-15(12)14-6-5-11(3)20-14/h5-6,8,10,13,16H,7,9H2,1-4H3,(H,17,18). The van der Waals surface area contributed by atoms with E-state index in [0.717, 1.165) is 29.3 Å². The van der Waals surface area contributed by atoms with E-state index in [2.05, 4.69) is 29.4 Å². The smallest absolute Gasteiger partial charge is 0.152 e. The van der Waals surface area contributed by atoms with E-state index in [1.54, 1.807) is 7.11 Å². The molecule has 5 heteroatoms. The van der Waals surface area contributed by atoms with Crippen molar-refractivity contribution in [2.75, 3.05) is 13.7 Å². The molecular formula is C15H23N3O2. The number of furan rings is 1. The van der Waals surface area contributed by atoms with E-state index in [4.69, 9.17) is 9.15 Å². The second-order valence-electron chi connectivity index (χ2n) is 5.37. The molecule has 2 aromatic heterocycles. The summed E-state index contributed by atoms with van der Waals surface area (Å²) in [5.74, 6) is 2.23. The summed E-state index contributed by atoms with van der Waals surface area (Å²) < 4.78 is 10.9. The maximum absolute atomic E-state index is 5.65. The van der Waals surface area contributed by atoms with Crippen LogP contribution in [0.2, 0.25) is 0 Å². The van der Waals surface area contributed by atoms with Gasteiger partial charge in [-0.05, 0) is 25.0 Å². The summed E-state index contributed by atoms with van der Waals surface area (Å²) >= 11 is 0. The first-order chi connectivity index (χ1) is 9.61. The molecule has 0 bridgehead atoms. The lowest BCUT2D eigenvalue weighted by Crippen LogP contribution is -2.37. The van der Waals surface area contributed by atoms with Crippen LogP contribution in [0.5, 0.6) is 0 Å². The summed E-state index contributed by atoms with van der Waals surface area (Å²) in [6.07, 6.45) is 1.84. The van der Waals surface area contributed by atoms with Gasteiger partial charge >= 0.3 is 0 Å². The average molecular weight is 277 g/mol. The van der Waals surface area contributed by atoms with Gasteiger partial charge in [0.1, 0.15) is 11.5 Å². The van der Waals surface area contributed by atoms with E-state index in [-0.39, 0.29) is 0 Å². The molecule has 2 rings (SSSR count). The molecule has 2 N–H and O–H groups in total. The van der Waals surface area contributed by atoms with Crippen LogP contribution in [-0.2, 0) is 11.3 Å². The number of nitrogens with zero attached hydrogens (tertiary/aromatic N) is 1. The normalized spacial score (nSPS) is 13.1. The minimum absolute atomic E-state index is 0.320. The number of hydrogen-bond donors (Lipinski definition) is 2. The Hall–Kier alpha value is -1.59. The maximum Gasteiger partial charge on any atom is 0.152 e. The van der Waals surface area contributed by atoms with Crippen molar-refractivity contribution in [1.82, 2.24) is 15.5 Å². The lowest BCUT2D eigenvalue weighted by atomic mass is 10.0. The molecule has 5 nitrogen and oxygen atoms in total. The van der Waals surface area contributed by atoms with Gasteiger partial charge in [0.2, 0.25) is 0 Å². The van der Waals surface area contributed by atoms with E-state index >= 15 is 0 Å². The minimum Gasteiger partial charge on any atom is -0.460 e. The van der Waals surface area contributed by atoms with E-state index in [1.807, 2.05) is 25.3 Å². The monoisotopic (exact) mass is 277 g/mol. The number of hydrogen-bond acceptors (Lipinski definition) is 4. The largest absolute Gasteiger partial charge is 0.460 e. The number of methoxy groups -OCH3 is 1. The second-order valence-corrected chi connectivity index (χ2v) is 5.37. The van der Waals surface area contributed by atoms with Crippen molar-refractivity contribution >= 4 is 0 Å².